The van der Waals surface area contributed by atoms with E-state index in [1.54, 1.807) is 13.1 Å². The van der Waals surface area contributed by atoms with Gasteiger partial charge in [0, 0.05) is 6.20 Å². The quantitative estimate of drug-likeness (QED) is 0.839. The Kier molecular flexibility index (Phi) is 3.04. The summed E-state index contributed by atoms with van der Waals surface area (Å²) in [5, 5.41) is 18.9. The first-order valence-corrected chi connectivity index (χ1v) is 6.45. The molecule has 0 saturated carbocycles. The van der Waals surface area contributed by atoms with Crippen molar-refractivity contribution >= 4 is 16.9 Å². The summed E-state index contributed by atoms with van der Waals surface area (Å²) >= 11 is 0. The van der Waals surface area contributed by atoms with Gasteiger partial charge in [0.2, 0.25) is 0 Å². The number of nitrogen functional groups attached to an aromatic ring is 1. The number of aliphatic hydroxyl groups is 1. The molecule has 104 valence electrons. The highest BCUT2D eigenvalue weighted by atomic mass is 16.5. The van der Waals surface area contributed by atoms with E-state index in [1.807, 2.05) is 4.57 Å². The monoisotopic (exact) mass is 273 g/mol. The van der Waals surface area contributed by atoms with Crippen molar-refractivity contribution in [3.05, 3.63) is 17.6 Å². The van der Waals surface area contributed by atoms with E-state index in [0.717, 1.165) is 12.8 Å². The number of aromatic nitrogens is 3. The lowest BCUT2D eigenvalue weighted by Gasteiger charge is -2.14. The van der Waals surface area contributed by atoms with Gasteiger partial charge in [-0.25, -0.2) is 9.97 Å². The summed E-state index contributed by atoms with van der Waals surface area (Å²) in [6, 6.07) is 2.11. The smallest absolute Gasteiger partial charge is 0.149 e. The molecule has 7 nitrogen and oxygen atoms in total. The molecule has 0 radical (unpaired) electrons. The molecule has 3 rings (SSSR count). The van der Waals surface area contributed by atoms with E-state index in [2.05, 4.69) is 16.0 Å². The van der Waals surface area contributed by atoms with Gasteiger partial charge in [0.25, 0.3) is 0 Å². The van der Waals surface area contributed by atoms with Gasteiger partial charge in [-0.15, -0.1) is 0 Å². The minimum atomic E-state index is -0.231. The largest absolute Gasteiger partial charge is 0.394 e. The molecule has 20 heavy (non-hydrogen) atoms. The second kappa shape index (κ2) is 4.74. The van der Waals surface area contributed by atoms with Gasteiger partial charge in [0.05, 0.1) is 23.7 Å². The number of hydrogen-bond donors (Lipinski definition) is 2. The molecule has 1 fully saturated rings. The van der Waals surface area contributed by atoms with Crippen LogP contribution in [0.4, 0.5) is 5.82 Å². The predicted molar refractivity (Wildman–Crippen MR) is 71.6 cm³/mol. The third-order valence-corrected chi connectivity index (χ3v) is 3.53. The van der Waals surface area contributed by atoms with Crippen LogP contribution in [0.3, 0.4) is 0 Å². The first-order chi connectivity index (χ1) is 9.63. The van der Waals surface area contributed by atoms with E-state index < -0.39 is 0 Å². The second-order valence-corrected chi connectivity index (χ2v) is 4.89. The van der Waals surface area contributed by atoms with Crippen molar-refractivity contribution in [1.82, 2.24) is 14.5 Å². The summed E-state index contributed by atoms with van der Waals surface area (Å²) < 4.78 is 7.56. The van der Waals surface area contributed by atoms with Gasteiger partial charge in [-0.2, -0.15) is 5.26 Å². The lowest BCUT2D eigenvalue weighted by Crippen LogP contribution is -2.14. The van der Waals surface area contributed by atoms with Crippen LogP contribution >= 0.6 is 0 Å². The molecule has 1 aliphatic heterocycles. The maximum absolute atomic E-state index is 9.23. The molecule has 1 aliphatic rings. The Morgan fingerprint density at radius 3 is 3.00 bits per heavy atom. The molecule has 0 amide bonds. The molecule has 1 saturated heterocycles. The first-order valence-electron chi connectivity index (χ1n) is 6.45. The Labute approximate surface area is 115 Å². The molecule has 0 unspecified atom stereocenters. The molecule has 2 aromatic rings. The number of fused-ring (bicyclic) bond motifs is 1. The average molecular weight is 273 g/mol. The highest BCUT2D eigenvalue weighted by Crippen LogP contribution is 2.33. The average Bonchev–Trinajstić information content (AvgIpc) is 3.01. The molecule has 7 heteroatoms. The van der Waals surface area contributed by atoms with Crippen molar-refractivity contribution in [2.24, 2.45) is 0 Å². The summed E-state index contributed by atoms with van der Waals surface area (Å²) in [7, 11) is 0. The minimum absolute atomic E-state index is 0.00302. The van der Waals surface area contributed by atoms with Crippen molar-refractivity contribution < 1.29 is 9.84 Å². The Balaban J connectivity index is 2.15. The van der Waals surface area contributed by atoms with Gasteiger partial charge in [-0.05, 0) is 19.8 Å². The number of nitriles is 1. The van der Waals surface area contributed by atoms with Crippen molar-refractivity contribution in [2.45, 2.75) is 32.1 Å². The Morgan fingerprint density at radius 1 is 1.55 bits per heavy atom. The zero-order valence-corrected chi connectivity index (χ0v) is 11.1. The summed E-state index contributed by atoms with van der Waals surface area (Å²) in [5.41, 5.74) is 6.95. The van der Waals surface area contributed by atoms with Crippen LogP contribution in [-0.4, -0.2) is 32.4 Å². The van der Waals surface area contributed by atoms with Crippen molar-refractivity contribution in [1.29, 1.82) is 5.26 Å². The highest BCUT2D eigenvalue weighted by molar-refractivity contribution is 5.92. The summed E-state index contributed by atoms with van der Waals surface area (Å²) in [6.07, 6.45) is 2.85. The van der Waals surface area contributed by atoms with E-state index in [9.17, 15) is 5.26 Å². The standard InChI is InChI=1S/C13H15N5O2/c1-7-16-12(15)11-8(4-14)5-18(13(11)17-7)10-3-2-9(6-19)20-10/h5,9-10,19H,2-3,6H2,1H3,(H2,15,16,17)/t9-,10+/m0/s1. The van der Waals surface area contributed by atoms with Crippen LogP contribution in [-0.2, 0) is 4.74 Å². The van der Waals surface area contributed by atoms with Crippen LogP contribution in [0.5, 0.6) is 0 Å². The van der Waals surface area contributed by atoms with Gasteiger partial charge in [-0.3, -0.25) is 0 Å². The van der Waals surface area contributed by atoms with Crippen molar-refractivity contribution in [3.63, 3.8) is 0 Å². The van der Waals surface area contributed by atoms with E-state index in [0.29, 0.717) is 28.2 Å². The zero-order valence-electron chi connectivity index (χ0n) is 11.1. The number of aliphatic hydroxyl groups excluding tert-OH is 1. The fourth-order valence-electron chi connectivity index (χ4n) is 2.62. The molecule has 0 aliphatic carbocycles. The summed E-state index contributed by atoms with van der Waals surface area (Å²) in [4.78, 5) is 8.48. The van der Waals surface area contributed by atoms with Gasteiger partial charge in [0.15, 0.2) is 0 Å². The Morgan fingerprint density at radius 2 is 2.35 bits per heavy atom. The van der Waals surface area contributed by atoms with Gasteiger partial charge < -0.3 is 20.1 Å². The predicted octanol–water partition coefficient (Wildman–Crippen LogP) is 0.863. The van der Waals surface area contributed by atoms with E-state index in [4.69, 9.17) is 15.6 Å². The van der Waals surface area contributed by atoms with Crippen LogP contribution in [0.2, 0.25) is 0 Å². The highest BCUT2D eigenvalue weighted by Gasteiger charge is 2.28. The molecule has 2 atom stereocenters. The number of rotatable bonds is 2. The SMILES string of the molecule is Cc1nc(N)c2c(C#N)cn([C@H]3CC[C@@H](CO)O3)c2n1. The Bertz CT molecular complexity index is 703. The van der Waals surface area contributed by atoms with Gasteiger partial charge >= 0.3 is 0 Å². The van der Waals surface area contributed by atoms with Crippen LogP contribution < -0.4 is 5.73 Å². The molecule has 2 aromatic heterocycles. The van der Waals surface area contributed by atoms with Crippen LogP contribution in [0, 0.1) is 18.3 Å². The summed E-state index contributed by atoms with van der Waals surface area (Å²) in [5.74, 6) is 0.857. The number of aryl methyl sites for hydroxylation is 1. The molecule has 3 heterocycles. The van der Waals surface area contributed by atoms with Gasteiger partial charge in [-0.1, -0.05) is 0 Å². The van der Waals surface area contributed by atoms with Crippen LogP contribution in [0.1, 0.15) is 30.5 Å². The topological polar surface area (TPSA) is 110 Å². The van der Waals surface area contributed by atoms with E-state index in [1.165, 1.54) is 0 Å². The first kappa shape index (κ1) is 12.8. The van der Waals surface area contributed by atoms with E-state index in [-0.39, 0.29) is 18.9 Å². The minimum Gasteiger partial charge on any atom is -0.394 e. The molecule has 0 spiro atoms. The molecule has 0 aromatic carbocycles. The third kappa shape index (κ3) is 1.90. The molecule has 0 bridgehead atoms. The van der Waals surface area contributed by atoms with Crippen LogP contribution in [0.15, 0.2) is 6.20 Å². The molecule has 3 N–H and O–H groups in total. The van der Waals surface area contributed by atoms with Crippen molar-refractivity contribution in [3.8, 4) is 6.07 Å². The van der Waals surface area contributed by atoms with Gasteiger partial charge in [0.1, 0.15) is 29.6 Å². The lowest BCUT2D eigenvalue weighted by atomic mass is 10.2. The summed E-state index contributed by atoms with van der Waals surface area (Å²) in [6.45, 7) is 1.75. The Hall–Kier alpha value is -2.17. The number of nitrogens with two attached hydrogens (primary N) is 1. The van der Waals surface area contributed by atoms with Crippen molar-refractivity contribution in [2.75, 3.05) is 12.3 Å². The lowest BCUT2D eigenvalue weighted by molar-refractivity contribution is -0.0204. The van der Waals surface area contributed by atoms with Crippen LogP contribution in [0.25, 0.3) is 11.0 Å². The fraction of sp³-hybridized carbons (Fsp3) is 0.462. The maximum Gasteiger partial charge on any atom is 0.149 e. The van der Waals surface area contributed by atoms with E-state index >= 15 is 0 Å². The second-order valence-electron chi connectivity index (χ2n) is 4.89. The molecular formula is C13H15N5O2. The zero-order chi connectivity index (χ0) is 14.3. The molecular weight excluding hydrogens is 258 g/mol. The normalized spacial score (nSPS) is 22.2. The number of nitrogens with zero attached hydrogens (tertiary/aromatic N) is 4. The number of ether oxygens (including phenoxy) is 1. The maximum atomic E-state index is 9.23. The number of hydrogen-bond acceptors (Lipinski definition) is 6. The third-order valence-electron chi connectivity index (χ3n) is 3.53. The number of anilines is 1. The fourth-order valence-corrected chi connectivity index (χ4v) is 2.62.